The number of hydrogen-bond donors (Lipinski definition) is 5. The number of ether oxygens (including phenoxy) is 2. The first kappa shape index (κ1) is 45.1. The Balaban J connectivity index is 0.952. The van der Waals surface area contributed by atoms with Gasteiger partial charge in [-0.25, -0.2) is 9.97 Å². The molecule has 1 aliphatic heterocycles. The highest BCUT2D eigenvalue weighted by Gasteiger charge is 2.51. The van der Waals surface area contributed by atoms with Gasteiger partial charge >= 0.3 is 6.18 Å². The number of halogens is 3. The Bertz CT molecular complexity index is 2340. The minimum atomic E-state index is -4.54. The zero-order chi connectivity index (χ0) is 44.6. The highest BCUT2D eigenvalue weighted by atomic mass is 19.4. The summed E-state index contributed by atoms with van der Waals surface area (Å²) in [4.78, 5) is 73.4. The Hall–Kier alpha value is -6.46. The second-order valence-corrected chi connectivity index (χ2v) is 15.6. The van der Waals surface area contributed by atoms with Crippen molar-refractivity contribution in [3.63, 3.8) is 0 Å². The summed E-state index contributed by atoms with van der Waals surface area (Å²) in [6.45, 7) is 2.90. The molecule has 330 valence electrons. The predicted octanol–water partition coefficient (Wildman–Crippen LogP) is 6.19. The number of aromatic nitrogens is 2. The van der Waals surface area contributed by atoms with Crippen LogP contribution in [0.15, 0.2) is 48.5 Å². The molecule has 1 aliphatic carbocycles. The number of carbonyl (C=O) groups is 5. The lowest BCUT2D eigenvalue weighted by atomic mass is 10.1. The third-order valence-electron chi connectivity index (χ3n) is 11.1. The summed E-state index contributed by atoms with van der Waals surface area (Å²) in [5.74, 6) is -0.149. The highest BCUT2D eigenvalue weighted by Crippen LogP contribution is 2.47. The molecule has 15 nitrogen and oxygen atoms in total. The standard InChI is InChI=1S/C44H51F3N8O7/c1-26-53-33-23-35(61-3)36(22-31(33)38(54-26)52-24-27-19-28(44(45,46)47)21-29(48)20-27)62-25-43(14-15-43)42(60)51-17-8-6-4-5-7-16-50-32-12-9-11-30-37(32)41(59)55(40(30)58)34(13-10-18-56)39(57)49-2/h9,11-12,18-23,34,50H,4-8,10,13-17,24-25,48H2,1-3H3,(H,49,57)(H,51,60)(H,52,53,54). The maximum Gasteiger partial charge on any atom is 0.416 e. The van der Waals surface area contributed by atoms with Crippen LogP contribution in [0.3, 0.4) is 0 Å². The maximum atomic E-state index is 13.4. The molecule has 4 amide bonds. The van der Waals surface area contributed by atoms with Crippen molar-refractivity contribution < 1.29 is 46.6 Å². The van der Waals surface area contributed by atoms with Gasteiger partial charge in [-0.05, 0) is 81.0 Å². The van der Waals surface area contributed by atoms with Crippen molar-refractivity contribution in [1.29, 1.82) is 0 Å². The number of benzene rings is 3. The van der Waals surface area contributed by atoms with Crippen LogP contribution in [0.2, 0.25) is 0 Å². The van der Waals surface area contributed by atoms with Crippen molar-refractivity contribution in [3.8, 4) is 11.5 Å². The van der Waals surface area contributed by atoms with Gasteiger partial charge in [0, 0.05) is 55.9 Å². The fourth-order valence-electron chi connectivity index (χ4n) is 7.53. The average Bonchev–Trinajstić information content (AvgIpc) is 4.00. The first-order valence-electron chi connectivity index (χ1n) is 20.6. The zero-order valence-electron chi connectivity index (χ0n) is 34.9. The molecule has 0 saturated heterocycles. The zero-order valence-corrected chi connectivity index (χ0v) is 34.9. The van der Waals surface area contributed by atoms with Crippen molar-refractivity contribution in [1.82, 2.24) is 25.5 Å². The van der Waals surface area contributed by atoms with Gasteiger partial charge in [0.05, 0.1) is 34.7 Å². The van der Waals surface area contributed by atoms with Crippen LogP contribution in [0.4, 0.5) is 30.4 Å². The monoisotopic (exact) mass is 860 g/mol. The van der Waals surface area contributed by atoms with Gasteiger partial charge in [-0.15, -0.1) is 0 Å². The SMILES string of the molecule is CNC(=O)C(CCC=O)N1C(=O)c2cccc(NCCCCCCCNC(=O)C3(COc4cc5c(NCc6cc(N)cc(C(F)(F)F)c6)nc(C)nc5cc4OC)CC3)c2C1=O. The van der Waals surface area contributed by atoms with Crippen LogP contribution in [-0.2, 0) is 27.1 Å². The molecule has 1 atom stereocenters. The van der Waals surface area contributed by atoms with Crippen LogP contribution in [-0.4, -0.2) is 84.7 Å². The van der Waals surface area contributed by atoms with E-state index in [0.29, 0.717) is 77.5 Å². The van der Waals surface area contributed by atoms with E-state index < -0.39 is 40.9 Å². The summed E-state index contributed by atoms with van der Waals surface area (Å²) in [6, 6.07) is 10.7. The minimum absolute atomic E-state index is 0.00721. The first-order chi connectivity index (χ1) is 29.7. The summed E-state index contributed by atoms with van der Waals surface area (Å²) in [5.41, 5.74) is 6.03. The molecule has 4 aromatic rings. The molecule has 18 heteroatoms. The number of nitrogens with zero attached hydrogens (tertiary/aromatic N) is 3. The molecule has 1 aromatic heterocycles. The Morgan fingerprint density at radius 2 is 1.71 bits per heavy atom. The lowest BCUT2D eigenvalue weighted by Gasteiger charge is -2.24. The Labute approximate surface area is 356 Å². The quantitative estimate of drug-likeness (QED) is 0.0260. The summed E-state index contributed by atoms with van der Waals surface area (Å²) >= 11 is 0. The maximum absolute atomic E-state index is 13.4. The number of rotatable bonds is 22. The second kappa shape index (κ2) is 19.5. The van der Waals surface area contributed by atoms with Gasteiger partial charge in [-0.2, -0.15) is 13.2 Å². The number of methoxy groups -OCH3 is 1. The van der Waals surface area contributed by atoms with Gasteiger partial charge < -0.3 is 41.3 Å². The second-order valence-electron chi connectivity index (χ2n) is 15.6. The van der Waals surface area contributed by atoms with Crippen LogP contribution in [0.1, 0.15) is 95.5 Å². The average molecular weight is 861 g/mol. The number of alkyl halides is 3. The molecule has 1 fully saturated rings. The van der Waals surface area contributed by atoms with Crippen molar-refractivity contribution in [2.24, 2.45) is 5.41 Å². The van der Waals surface area contributed by atoms with Gasteiger partial charge in [0.2, 0.25) is 11.8 Å². The van der Waals surface area contributed by atoms with Crippen molar-refractivity contribution in [2.75, 3.05) is 50.2 Å². The number of carbonyl (C=O) groups excluding carboxylic acids is 5. The lowest BCUT2D eigenvalue weighted by Crippen LogP contribution is -2.48. The number of hydrogen-bond acceptors (Lipinski definition) is 12. The Kier molecular flexibility index (Phi) is 14.2. The minimum Gasteiger partial charge on any atom is -0.493 e. The van der Waals surface area contributed by atoms with Crippen molar-refractivity contribution in [2.45, 2.75) is 83.5 Å². The van der Waals surface area contributed by atoms with Gasteiger partial charge in [-0.3, -0.25) is 24.1 Å². The molecule has 0 spiro atoms. The Morgan fingerprint density at radius 3 is 2.40 bits per heavy atom. The molecule has 62 heavy (non-hydrogen) atoms. The summed E-state index contributed by atoms with van der Waals surface area (Å²) in [7, 11) is 2.91. The van der Waals surface area contributed by atoms with Crippen LogP contribution in [0.5, 0.6) is 11.5 Å². The van der Waals surface area contributed by atoms with Gasteiger partial charge in [0.15, 0.2) is 11.5 Å². The number of nitrogens with two attached hydrogens (primary N) is 1. The lowest BCUT2D eigenvalue weighted by molar-refractivity contribution is -0.137. The van der Waals surface area contributed by atoms with Crippen LogP contribution in [0, 0.1) is 12.3 Å². The molecule has 3 aromatic carbocycles. The Morgan fingerprint density at radius 1 is 0.968 bits per heavy atom. The van der Waals surface area contributed by atoms with E-state index in [0.717, 1.165) is 49.1 Å². The number of anilines is 3. The van der Waals surface area contributed by atoms with Crippen LogP contribution in [0.25, 0.3) is 10.9 Å². The number of nitrogen functional groups attached to an aromatic ring is 1. The smallest absolute Gasteiger partial charge is 0.416 e. The third kappa shape index (κ3) is 10.3. The van der Waals surface area contributed by atoms with Gasteiger partial charge in [0.1, 0.15) is 30.6 Å². The number of amides is 4. The number of nitrogens with one attached hydrogen (secondary N) is 4. The van der Waals surface area contributed by atoms with Crippen LogP contribution < -0.4 is 36.5 Å². The first-order valence-corrected chi connectivity index (χ1v) is 20.6. The summed E-state index contributed by atoms with van der Waals surface area (Å²) < 4.78 is 52.0. The summed E-state index contributed by atoms with van der Waals surface area (Å²) in [6.07, 6.45) is 1.78. The van der Waals surface area contributed by atoms with E-state index >= 15 is 0 Å². The predicted molar refractivity (Wildman–Crippen MR) is 226 cm³/mol. The van der Waals surface area contributed by atoms with Crippen LogP contribution >= 0.6 is 0 Å². The number of imide groups is 1. The molecule has 0 bridgehead atoms. The van der Waals surface area contributed by atoms with E-state index in [1.807, 2.05) is 0 Å². The van der Waals surface area contributed by atoms with E-state index in [4.69, 9.17) is 15.2 Å². The number of fused-ring (bicyclic) bond motifs is 2. The molecular weight excluding hydrogens is 810 g/mol. The third-order valence-corrected chi connectivity index (χ3v) is 11.1. The number of aldehydes is 1. The molecule has 2 aliphatic rings. The van der Waals surface area contributed by atoms with E-state index in [-0.39, 0.29) is 48.7 Å². The number of aryl methyl sites for hydroxylation is 1. The molecule has 6 N–H and O–H groups in total. The fraction of sp³-hybridized carbons (Fsp3) is 0.432. The largest absolute Gasteiger partial charge is 0.493 e. The number of likely N-dealkylation sites (N-methyl/N-ethyl adjacent to an activating group) is 1. The summed E-state index contributed by atoms with van der Waals surface area (Å²) in [5, 5.41) is 12.5. The fourth-order valence-corrected chi connectivity index (χ4v) is 7.53. The van der Waals surface area contributed by atoms with Crippen molar-refractivity contribution >= 4 is 58.0 Å². The molecule has 0 radical (unpaired) electrons. The van der Waals surface area contributed by atoms with Gasteiger partial charge in [0.25, 0.3) is 11.8 Å². The molecule has 6 rings (SSSR count). The normalized spacial score (nSPS) is 14.6. The van der Waals surface area contributed by atoms with Gasteiger partial charge in [-0.1, -0.05) is 25.3 Å². The molecular formula is C44H51F3N8O7. The molecule has 2 heterocycles. The topological polar surface area (TPSA) is 207 Å². The molecule has 1 unspecified atom stereocenters. The highest BCUT2D eigenvalue weighted by molar-refractivity contribution is 6.25. The number of unbranched alkanes of at least 4 members (excludes halogenated alkanes) is 4. The molecule has 1 saturated carbocycles. The van der Waals surface area contributed by atoms with E-state index in [2.05, 4.69) is 31.2 Å². The van der Waals surface area contributed by atoms with E-state index in [9.17, 15) is 37.1 Å². The van der Waals surface area contributed by atoms with E-state index in [1.54, 1.807) is 37.3 Å². The van der Waals surface area contributed by atoms with Crippen molar-refractivity contribution in [3.05, 3.63) is 76.6 Å². The van der Waals surface area contributed by atoms with E-state index in [1.165, 1.54) is 20.2 Å².